The van der Waals surface area contributed by atoms with Crippen LogP contribution < -0.4 is 10.2 Å². The van der Waals surface area contributed by atoms with Gasteiger partial charge in [0.2, 0.25) is 0 Å². The summed E-state index contributed by atoms with van der Waals surface area (Å²) in [6.07, 6.45) is 0. The molecule has 2 aliphatic heterocycles. The summed E-state index contributed by atoms with van der Waals surface area (Å²) in [7, 11) is 0. The highest BCUT2D eigenvalue weighted by molar-refractivity contribution is 6.30. The van der Waals surface area contributed by atoms with Gasteiger partial charge in [-0.25, -0.2) is 0 Å². The molecule has 0 aliphatic carbocycles. The Morgan fingerprint density at radius 3 is 2.60 bits per heavy atom. The fraction of sp³-hybridized carbons (Fsp3) is 0.632. The van der Waals surface area contributed by atoms with Gasteiger partial charge in [0.15, 0.2) is 5.96 Å². The molecule has 3 rings (SSSR count). The van der Waals surface area contributed by atoms with E-state index in [0.717, 1.165) is 63.5 Å². The van der Waals surface area contributed by atoms with Crippen LogP contribution in [0.3, 0.4) is 0 Å². The Balaban J connectivity index is 1.62. The van der Waals surface area contributed by atoms with Gasteiger partial charge in [-0.1, -0.05) is 24.6 Å². The summed E-state index contributed by atoms with van der Waals surface area (Å²) in [5, 5.41) is 4.24. The number of anilines is 1. The molecule has 0 atom stereocenters. The second-order valence-electron chi connectivity index (χ2n) is 7.38. The molecule has 1 N–H and O–H groups in total. The Labute approximate surface area is 156 Å². The highest BCUT2D eigenvalue weighted by Crippen LogP contribution is 2.27. The van der Waals surface area contributed by atoms with Gasteiger partial charge in [-0.05, 0) is 31.5 Å². The van der Waals surface area contributed by atoms with Gasteiger partial charge < -0.3 is 19.9 Å². The number of nitrogens with one attached hydrogen (secondary N) is 1. The first-order valence-corrected chi connectivity index (χ1v) is 9.51. The number of nitrogens with zero attached hydrogens (tertiary/aromatic N) is 3. The zero-order valence-corrected chi connectivity index (χ0v) is 16.3. The third-order valence-electron chi connectivity index (χ3n) is 4.94. The lowest BCUT2D eigenvalue weighted by Gasteiger charge is -2.40. The number of piperazine rings is 1. The number of aryl methyl sites for hydroxylation is 1. The van der Waals surface area contributed by atoms with Crippen LogP contribution in [0.5, 0.6) is 0 Å². The average Bonchev–Trinajstić information content (AvgIpc) is 2.59. The van der Waals surface area contributed by atoms with Crippen molar-refractivity contribution in [3.05, 3.63) is 28.8 Å². The molecule has 2 aliphatic rings. The fourth-order valence-electron chi connectivity index (χ4n) is 3.32. The molecule has 2 heterocycles. The van der Waals surface area contributed by atoms with Crippen molar-refractivity contribution in [2.45, 2.75) is 20.8 Å². The normalized spacial score (nSPS) is 20.4. The summed E-state index contributed by atoms with van der Waals surface area (Å²) in [6.45, 7) is 13.7. The number of ether oxygens (including phenoxy) is 1. The van der Waals surface area contributed by atoms with Crippen LogP contribution in [0.1, 0.15) is 19.4 Å². The van der Waals surface area contributed by atoms with Crippen LogP contribution in [-0.2, 0) is 4.74 Å². The third kappa shape index (κ3) is 4.39. The molecule has 0 saturated carbocycles. The molecule has 0 spiro atoms. The van der Waals surface area contributed by atoms with E-state index in [-0.39, 0.29) is 5.41 Å². The minimum atomic E-state index is 0.209. The molecule has 1 aromatic carbocycles. The molecule has 0 unspecified atom stereocenters. The van der Waals surface area contributed by atoms with E-state index in [0.29, 0.717) is 0 Å². The van der Waals surface area contributed by atoms with Crippen molar-refractivity contribution in [3.63, 3.8) is 0 Å². The van der Waals surface area contributed by atoms with Crippen molar-refractivity contribution in [3.8, 4) is 0 Å². The molecule has 1 aromatic rings. The molecular weight excluding hydrogens is 336 g/mol. The van der Waals surface area contributed by atoms with E-state index in [2.05, 4.69) is 48.0 Å². The maximum Gasteiger partial charge on any atom is 0.194 e. The first kappa shape index (κ1) is 18.3. The first-order valence-electron chi connectivity index (χ1n) is 9.13. The predicted octanol–water partition coefficient (Wildman–Crippen LogP) is 2.77. The van der Waals surface area contributed by atoms with Gasteiger partial charge in [0.1, 0.15) is 0 Å². The average molecular weight is 365 g/mol. The monoisotopic (exact) mass is 364 g/mol. The number of hydrogen-bond donors (Lipinski definition) is 1. The Morgan fingerprint density at radius 2 is 2.00 bits per heavy atom. The van der Waals surface area contributed by atoms with E-state index >= 15 is 0 Å². The van der Waals surface area contributed by atoms with Gasteiger partial charge in [0.25, 0.3) is 0 Å². The minimum absolute atomic E-state index is 0.209. The molecule has 0 bridgehead atoms. The highest BCUT2D eigenvalue weighted by Gasteiger charge is 2.33. The molecule has 0 radical (unpaired) electrons. The minimum Gasteiger partial charge on any atom is -0.380 e. The Hall–Kier alpha value is -1.46. The van der Waals surface area contributed by atoms with E-state index in [1.807, 2.05) is 6.07 Å². The first-order chi connectivity index (χ1) is 12.0. The van der Waals surface area contributed by atoms with Gasteiger partial charge in [-0.3, -0.25) is 4.99 Å². The van der Waals surface area contributed by atoms with Gasteiger partial charge in [0.05, 0.1) is 19.8 Å². The zero-order valence-electron chi connectivity index (χ0n) is 15.5. The highest BCUT2D eigenvalue weighted by atomic mass is 35.5. The Kier molecular flexibility index (Phi) is 5.74. The summed E-state index contributed by atoms with van der Waals surface area (Å²) in [6, 6.07) is 6.12. The van der Waals surface area contributed by atoms with Gasteiger partial charge >= 0.3 is 0 Å². The largest absolute Gasteiger partial charge is 0.380 e. The van der Waals surface area contributed by atoms with Crippen LogP contribution >= 0.6 is 11.6 Å². The van der Waals surface area contributed by atoms with Crippen LogP contribution in [0.4, 0.5) is 5.69 Å². The summed E-state index contributed by atoms with van der Waals surface area (Å²) in [5.41, 5.74) is 2.73. The lowest BCUT2D eigenvalue weighted by molar-refractivity contribution is -0.0946. The number of rotatable bonds is 4. The number of aliphatic imine (C=N–C) groups is 1. The number of benzene rings is 1. The van der Waals surface area contributed by atoms with Crippen molar-refractivity contribution in [1.82, 2.24) is 10.2 Å². The van der Waals surface area contributed by atoms with E-state index < -0.39 is 0 Å². The summed E-state index contributed by atoms with van der Waals surface area (Å²) >= 11 is 6.18. The van der Waals surface area contributed by atoms with Crippen LogP contribution in [0.2, 0.25) is 5.02 Å². The second-order valence-corrected chi connectivity index (χ2v) is 7.81. The molecule has 25 heavy (non-hydrogen) atoms. The molecule has 2 fully saturated rings. The number of halogens is 1. The molecular formula is C19H29ClN4O. The van der Waals surface area contributed by atoms with Crippen molar-refractivity contribution in [2.24, 2.45) is 10.4 Å². The molecule has 6 heteroatoms. The Morgan fingerprint density at radius 1 is 1.28 bits per heavy atom. The van der Waals surface area contributed by atoms with E-state index in [1.54, 1.807) is 0 Å². The van der Waals surface area contributed by atoms with Gasteiger partial charge in [-0.2, -0.15) is 0 Å². The summed E-state index contributed by atoms with van der Waals surface area (Å²) in [4.78, 5) is 9.66. The molecule has 138 valence electrons. The van der Waals surface area contributed by atoms with E-state index in [1.165, 1.54) is 11.3 Å². The zero-order chi connectivity index (χ0) is 17.9. The van der Waals surface area contributed by atoms with Crippen LogP contribution in [-0.4, -0.2) is 63.3 Å². The van der Waals surface area contributed by atoms with Gasteiger partial charge in [0, 0.05) is 48.8 Å². The van der Waals surface area contributed by atoms with Crippen molar-refractivity contribution in [2.75, 3.05) is 57.4 Å². The van der Waals surface area contributed by atoms with Crippen molar-refractivity contribution >= 4 is 23.2 Å². The standard InChI is InChI=1S/C19H29ClN4O/c1-4-21-18(22-12-19(3)13-25-14-19)24-9-7-23(8-10-24)17-11-16(20)6-5-15(17)2/h5-6,11H,4,7-10,12-14H2,1-3H3,(H,21,22). The summed E-state index contributed by atoms with van der Waals surface area (Å²) in [5.74, 6) is 1.03. The van der Waals surface area contributed by atoms with Crippen LogP contribution in [0.25, 0.3) is 0 Å². The summed E-state index contributed by atoms with van der Waals surface area (Å²) < 4.78 is 5.34. The van der Waals surface area contributed by atoms with Crippen LogP contribution in [0, 0.1) is 12.3 Å². The van der Waals surface area contributed by atoms with Crippen molar-refractivity contribution in [1.29, 1.82) is 0 Å². The lowest BCUT2D eigenvalue weighted by Crippen LogP contribution is -2.53. The molecule has 0 amide bonds. The molecule has 0 aromatic heterocycles. The fourth-order valence-corrected chi connectivity index (χ4v) is 3.48. The molecule has 2 saturated heterocycles. The van der Waals surface area contributed by atoms with Crippen molar-refractivity contribution < 1.29 is 4.74 Å². The maximum atomic E-state index is 6.18. The Bertz CT molecular complexity index is 622. The van der Waals surface area contributed by atoms with Gasteiger partial charge in [-0.15, -0.1) is 0 Å². The topological polar surface area (TPSA) is 40.1 Å². The molecule has 5 nitrogen and oxygen atoms in total. The quantitative estimate of drug-likeness (QED) is 0.658. The van der Waals surface area contributed by atoms with Crippen LogP contribution in [0.15, 0.2) is 23.2 Å². The van der Waals surface area contributed by atoms with E-state index in [4.69, 9.17) is 21.3 Å². The number of guanidine groups is 1. The smallest absolute Gasteiger partial charge is 0.194 e. The third-order valence-corrected chi connectivity index (χ3v) is 5.17. The maximum absolute atomic E-state index is 6.18. The lowest BCUT2D eigenvalue weighted by atomic mass is 9.89. The van der Waals surface area contributed by atoms with E-state index in [9.17, 15) is 0 Å². The predicted molar refractivity (Wildman–Crippen MR) is 105 cm³/mol. The SMILES string of the molecule is CCNC(=NCC1(C)COC1)N1CCN(c2cc(Cl)ccc2C)CC1. The number of hydrogen-bond acceptors (Lipinski definition) is 3. The second kappa shape index (κ2) is 7.83.